The molecule has 0 aromatic carbocycles. The minimum atomic E-state index is 0.0800. The van der Waals surface area contributed by atoms with E-state index in [2.05, 4.69) is 26.7 Å². The number of rotatable bonds is 3. The fourth-order valence-electron chi connectivity index (χ4n) is 4.11. The van der Waals surface area contributed by atoms with E-state index in [-0.39, 0.29) is 5.91 Å². The van der Waals surface area contributed by atoms with Crippen molar-refractivity contribution in [2.24, 2.45) is 7.05 Å². The van der Waals surface area contributed by atoms with Gasteiger partial charge in [-0.25, -0.2) is 4.98 Å². The van der Waals surface area contributed by atoms with Crippen molar-refractivity contribution >= 4 is 16.9 Å². The van der Waals surface area contributed by atoms with E-state index in [1.54, 1.807) is 18.7 Å². The molecule has 1 atom stereocenters. The molecule has 4 rings (SSSR count). The number of fused-ring (bicyclic) bond motifs is 1. The summed E-state index contributed by atoms with van der Waals surface area (Å²) in [6.45, 7) is 9.49. The molecule has 0 bridgehead atoms. The summed E-state index contributed by atoms with van der Waals surface area (Å²) in [5.41, 5.74) is 2.31. The van der Waals surface area contributed by atoms with Crippen LogP contribution in [0.3, 0.4) is 0 Å². The number of hydrogen-bond donors (Lipinski definition) is 0. The highest BCUT2D eigenvalue weighted by Gasteiger charge is 2.33. The number of amides is 1. The Labute approximate surface area is 148 Å². The summed E-state index contributed by atoms with van der Waals surface area (Å²) in [6, 6.07) is 0.488. The Morgan fingerprint density at radius 3 is 2.76 bits per heavy atom. The van der Waals surface area contributed by atoms with Crippen LogP contribution in [0.1, 0.15) is 23.7 Å². The summed E-state index contributed by atoms with van der Waals surface area (Å²) in [7, 11) is 1.92. The van der Waals surface area contributed by atoms with Crippen LogP contribution in [0.2, 0.25) is 0 Å². The minimum Gasteiger partial charge on any atom is -0.337 e. The number of aryl methyl sites for hydroxylation is 1. The SMILES string of the molecule is CCN1CCN(C2CCN(C(=O)c3cncc4ncn(C)c34)C2)CC1. The molecule has 0 saturated carbocycles. The number of pyridine rings is 1. The van der Waals surface area contributed by atoms with E-state index in [1.807, 2.05) is 16.5 Å². The lowest BCUT2D eigenvalue weighted by molar-refractivity contribution is 0.0746. The standard InChI is InChI=1S/C18H26N6O/c1-3-22-6-8-23(9-7-22)14-4-5-24(12-14)18(25)15-10-19-11-16-17(15)21(2)13-20-16/h10-11,13-14H,3-9,12H2,1-2H3. The first-order valence-electron chi connectivity index (χ1n) is 9.18. The van der Waals surface area contributed by atoms with Crippen molar-refractivity contribution in [2.45, 2.75) is 19.4 Å². The molecule has 0 radical (unpaired) electrons. The van der Waals surface area contributed by atoms with Gasteiger partial charge >= 0.3 is 0 Å². The van der Waals surface area contributed by atoms with Crippen molar-refractivity contribution in [3.05, 3.63) is 24.3 Å². The predicted molar refractivity (Wildman–Crippen MR) is 96.5 cm³/mol. The summed E-state index contributed by atoms with van der Waals surface area (Å²) in [5, 5.41) is 0. The number of piperazine rings is 1. The summed E-state index contributed by atoms with van der Waals surface area (Å²) in [6.07, 6.45) is 6.20. The molecule has 4 heterocycles. The van der Waals surface area contributed by atoms with Gasteiger partial charge in [-0.1, -0.05) is 6.92 Å². The number of nitrogens with zero attached hydrogens (tertiary/aromatic N) is 6. The average molecular weight is 342 g/mol. The molecule has 7 nitrogen and oxygen atoms in total. The highest BCUT2D eigenvalue weighted by atomic mass is 16.2. The maximum atomic E-state index is 13.1. The van der Waals surface area contributed by atoms with E-state index >= 15 is 0 Å². The topological polar surface area (TPSA) is 57.5 Å². The monoisotopic (exact) mass is 342 g/mol. The van der Waals surface area contributed by atoms with Crippen LogP contribution >= 0.6 is 0 Å². The van der Waals surface area contributed by atoms with Crippen LogP contribution in [-0.2, 0) is 7.05 Å². The van der Waals surface area contributed by atoms with Crippen LogP contribution < -0.4 is 0 Å². The zero-order chi connectivity index (χ0) is 17.4. The third kappa shape index (κ3) is 3.02. The lowest BCUT2D eigenvalue weighted by atomic mass is 10.2. The van der Waals surface area contributed by atoms with Crippen molar-refractivity contribution in [3.8, 4) is 0 Å². The molecular formula is C18H26N6O. The van der Waals surface area contributed by atoms with Crippen LogP contribution in [0.5, 0.6) is 0 Å². The number of likely N-dealkylation sites (tertiary alicyclic amines) is 1. The van der Waals surface area contributed by atoms with Gasteiger partial charge in [0.25, 0.3) is 5.91 Å². The van der Waals surface area contributed by atoms with Crippen LogP contribution in [0.15, 0.2) is 18.7 Å². The first-order chi connectivity index (χ1) is 12.2. The lowest BCUT2D eigenvalue weighted by Gasteiger charge is -2.37. The third-order valence-corrected chi connectivity index (χ3v) is 5.67. The van der Waals surface area contributed by atoms with Gasteiger partial charge in [0.2, 0.25) is 0 Å². The van der Waals surface area contributed by atoms with E-state index in [0.717, 1.165) is 63.3 Å². The van der Waals surface area contributed by atoms with Gasteiger partial charge < -0.3 is 14.4 Å². The van der Waals surface area contributed by atoms with Crippen LogP contribution in [0, 0.1) is 0 Å². The molecule has 2 aliphatic rings. The Kier molecular flexibility index (Phi) is 4.43. The first-order valence-corrected chi connectivity index (χ1v) is 9.18. The zero-order valence-corrected chi connectivity index (χ0v) is 15.1. The van der Waals surface area contributed by atoms with Gasteiger partial charge in [-0.2, -0.15) is 0 Å². The fourth-order valence-corrected chi connectivity index (χ4v) is 4.11. The number of carbonyl (C=O) groups excluding carboxylic acids is 1. The van der Waals surface area contributed by atoms with Crippen molar-refractivity contribution in [3.63, 3.8) is 0 Å². The molecule has 1 unspecified atom stereocenters. The summed E-state index contributed by atoms with van der Waals surface area (Å²) >= 11 is 0. The van der Waals surface area contributed by atoms with E-state index < -0.39 is 0 Å². The smallest absolute Gasteiger partial charge is 0.257 e. The molecule has 25 heavy (non-hydrogen) atoms. The maximum absolute atomic E-state index is 13.1. The lowest BCUT2D eigenvalue weighted by Crippen LogP contribution is -2.51. The van der Waals surface area contributed by atoms with Crippen molar-refractivity contribution in [1.29, 1.82) is 0 Å². The molecule has 2 aromatic rings. The summed E-state index contributed by atoms with van der Waals surface area (Å²) in [4.78, 5) is 28.6. The zero-order valence-electron chi connectivity index (χ0n) is 15.1. The van der Waals surface area contributed by atoms with Crippen molar-refractivity contribution in [1.82, 2.24) is 29.2 Å². The Morgan fingerprint density at radius 2 is 2.00 bits per heavy atom. The predicted octanol–water partition coefficient (Wildman–Crippen LogP) is 0.820. The summed E-state index contributed by atoms with van der Waals surface area (Å²) < 4.78 is 1.90. The van der Waals surface area contributed by atoms with Gasteiger partial charge in [-0.15, -0.1) is 0 Å². The largest absolute Gasteiger partial charge is 0.337 e. The second-order valence-electron chi connectivity index (χ2n) is 7.07. The normalized spacial score (nSPS) is 22.8. The van der Waals surface area contributed by atoms with Crippen molar-refractivity contribution in [2.75, 3.05) is 45.8 Å². The maximum Gasteiger partial charge on any atom is 0.257 e. The molecule has 2 fully saturated rings. The summed E-state index contributed by atoms with van der Waals surface area (Å²) in [5.74, 6) is 0.0800. The molecule has 134 valence electrons. The fraction of sp³-hybridized carbons (Fsp3) is 0.611. The molecule has 2 saturated heterocycles. The van der Waals surface area contributed by atoms with Gasteiger partial charge in [0.1, 0.15) is 5.52 Å². The van der Waals surface area contributed by atoms with E-state index in [0.29, 0.717) is 11.6 Å². The average Bonchev–Trinajstić information content (AvgIpc) is 3.29. The van der Waals surface area contributed by atoms with Gasteiger partial charge in [0.15, 0.2) is 0 Å². The minimum absolute atomic E-state index is 0.0800. The Bertz CT molecular complexity index is 764. The number of carbonyl (C=O) groups is 1. The highest BCUT2D eigenvalue weighted by Crippen LogP contribution is 2.22. The molecule has 7 heteroatoms. The highest BCUT2D eigenvalue weighted by molar-refractivity contribution is 6.04. The van der Waals surface area contributed by atoms with Crippen LogP contribution in [-0.4, -0.2) is 87.0 Å². The molecule has 2 aliphatic heterocycles. The molecule has 0 spiro atoms. The second kappa shape index (κ2) is 6.72. The Balaban J connectivity index is 1.46. The second-order valence-corrected chi connectivity index (χ2v) is 7.07. The van der Waals surface area contributed by atoms with Crippen molar-refractivity contribution < 1.29 is 4.79 Å². The molecular weight excluding hydrogens is 316 g/mol. The van der Waals surface area contributed by atoms with Gasteiger partial charge in [0.05, 0.1) is 23.6 Å². The quantitative estimate of drug-likeness (QED) is 0.827. The van der Waals surface area contributed by atoms with Crippen LogP contribution in [0.4, 0.5) is 0 Å². The number of likely N-dealkylation sites (N-methyl/N-ethyl adjacent to an activating group) is 1. The van der Waals surface area contributed by atoms with E-state index in [4.69, 9.17) is 0 Å². The number of hydrogen-bond acceptors (Lipinski definition) is 5. The first kappa shape index (κ1) is 16.5. The van der Waals surface area contributed by atoms with Crippen LogP contribution in [0.25, 0.3) is 11.0 Å². The molecule has 2 aromatic heterocycles. The molecule has 1 amide bonds. The Morgan fingerprint density at radius 1 is 1.20 bits per heavy atom. The van der Waals surface area contributed by atoms with Gasteiger partial charge in [-0.3, -0.25) is 14.7 Å². The van der Waals surface area contributed by atoms with E-state index in [9.17, 15) is 4.79 Å². The Hall–Kier alpha value is -1.99. The number of aromatic nitrogens is 3. The molecule has 0 aliphatic carbocycles. The van der Waals surface area contributed by atoms with E-state index in [1.165, 1.54) is 0 Å². The van der Waals surface area contributed by atoms with Gasteiger partial charge in [0, 0.05) is 58.6 Å². The number of imidazole rings is 1. The third-order valence-electron chi connectivity index (χ3n) is 5.67. The van der Waals surface area contributed by atoms with Gasteiger partial charge in [-0.05, 0) is 13.0 Å². The molecule has 0 N–H and O–H groups in total.